The normalized spacial score (nSPS) is 15.6. The largest absolute Gasteiger partial charge is 0.454 e. The van der Waals surface area contributed by atoms with Crippen molar-refractivity contribution in [3.05, 3.63) is 59.3 Å². The van der Waals surface area contributed by atoms with Crippen molar-refractivity contribution in [3.63, 3.8) is 0 Å². The Balaban J connectivity index is 1.56. The van der Waals surface area contributed by atoms with Crippen LogP contribution >= 0.6 is 0 Å². The minimum absolute atomic E-state index is 0.313. The van der Waals surface area contributed by atoms with Crippen LogP contribution in [0.2, 0.25) is 0 Å². The van der Waals surface area contributed by atoms with Gasteiger partial charge in [0, 0.05) is 41.3 Å². The Morgan fingerprint density at radius 1 is 1.09 bits per heavy atom. The second-order valence-corrected chi connectivity index (χ2v) is 5.98. The molecule has 3 heterocycles. The lowest BCUT2D eigenvalue weighted by Gasteiger charge is -2.17. The number of aromatic nitrogens is 1. The first-order chi connectivity index (χ1) is 11.4. The highest BCUT2D eigenvalue weighted by Crippen LogP contribution is 2.36. The third-order valence-corrected chi connectivity index (χ3v) is 4.63. The minimum Gasteiger partial charge on any atom is -0.454 e. The topological polar surface area (TPSA) is 46.6 Å². The van der Waals surface area contributed by atoms with Crippen molar-refractivity contribution >= 4 is 16.6 Å². The molecule has 0 saturated heterocycles. The van der Waals surface area contributed by atoms with Gasteiger partial charge in [-0.1, -0.05) is 18.2 Å². The minimum atomic E-state index is 0.313. The van der Waals surface area contributed by atoms with Gasteiger partial charge in [0.2, 0.25) is 6.79 Å². The number of nitrogens with zero attached hydrogens (tertiary/aromatic N) is 1. The fourth-order valence-corrected chi connectivity index (χ4v) is 3.47. The number of benzene rings is 2. The second-order valence-electron chi connectivity index (χ2n) is 5.98. The van der Waals surface area contributed by atoms with Gasteiger partial charge in [-0.05, 0) is 35.7 Å². The molecular weight excluding hydrogens is 288 g/mol. The Bertz CT molecular complexity index is 940. The van der Waals surface area contributed by atoms with Crippen LogP contribution in [0.4, 0.5) is 0 Å². The molecule has 0 aliphatic carbocycles. The quantitative estimate of drug-likeness (QED) is 0.788. The predicted molar refractivity (Wildman–Crippen MR) is 89.7 cm³/mol. The van der Waals surface area contributed by atoms with E-state index in [4.69, 9.17) is 14.5 Å². The number of hydrogen-bond donors (Lipinski definition) is 1. The molecule has 3 aromatic rings. The summed E-state index contributed by atoms with van der Waals surface area (Å²) in [5.41, 5.74) is 6.09. The van der Waals surface area contributed by atoms with Crippen LogP contribution < -0.4 is 9.47 Å². The molecule has 0 spiro atoms. The summed E-state index contributed by atoms with van der Waals surface area (Å²) >= 11 is 0. The third-order valence-electron chi connectivity index (χ3n) is 4.63. The van der Waals surface area contributed by atoms with Gasteiger partial charge in [-0.15, -0.1) is 0 Å². The third kappa shape index (κ3) is 2.02. The van der Waals surface area contributed by atoms with E-state index in [1.54, 1.807) is 0 Å². The van der Waals surface area contributed by atoms with E-state index in [-0.39, 0.29) is 0 Å². The molecule has 0 amide bonds. The smallest absolute Gasteiger partial charge is 0.231 e. The molecule has 2 aliphatic rings. The second kappa shape index (κ2) is 4.88. The molecule has 0 fully saturated rings. The van der Waals surface area contributed by atoms with E-state index < -0.39 is 0 Å². The van der Waals surface area contributed by atoms with Crippen LogP contribution in [0.3, 0.4) is 0 Å². The average molecular weight is 304 g/mol. The molecule has 0 unspecified atom stereocenters. The van der Waals surface area contributed by atoms with Crippen molar-refractivity contribution in [3.8, 4) is 11.5 Å². The number of aliphatic imine (C=N–C) groups is 1. The van der Waals surface area contributed by atoms with Crippen LogP contribution in [0, 0.1) is 0 Å². The lowest BCUT2D eigenvalue weighted by Crippen LogP contribution is -2.15. The van der Waals surface area contributed by atoms with E-state index in [2.05, 4.69) is 47.6 Å². The number of para-hydroxylation sites is 1. The summed E-state index contributed by atoms with van der Waals surface area (Å²) in [4.78, 5) is 8.13. The number of H-pyrrole nitrogens is 1. The summed E-state index contributed by atoms with van der Waals surface area (Å²) in [5.74, 6) is 1.69. The zero-order chi connectivity index (χ0) is 15.2. The van der Waals surface area contributed by atoms with Crippen molar-refractivity contribution in [2.45, 2.75) is 12.8 Å². The van der Waals surface area contributed by atoms with Crippen LogP contribution in [0.1, 0.15) is 16.7 Å². The first-order valence-corrected chi connectivity index (χ1v) is 7.90. The van der Waals surface area contributed by atoms with Crippen LogP contribution in [-0.4, -0.2) is 24.0 Å². The van der Waals surface area contributed by atoms with Gasteiger partial charge < -0.3 is 14.5 Å². The highest BCUT2D eigenvalue weighted by atomic mass is 16.7. The molecule has 4 nitrogen and oxygen atoms in total. The van der Waals surface area contributed by atoms with E-state index in [9.17, 15) is 0 Å². The molecule has 0 radical (unpaired) electrons. The van der Waals surface area contributed by atoms with Gasteiger partial charge in [0.15, 0.2) is 11.5 Å². The van der Waals surface area contributed by atoms with Crippen molar-refractivity contribution in [2.75, 3.05) is 13.3 Å². The van der Waals surface area contributed by atoms with Gasteiger partial charge in [0.1, 0.15) is 0 Å². The van der Waals surface area contributed by atoms with Crippen molar-refractivity contribution in [1.82, 2.24) is 4.98 Å². The molecule has 0 atom stereocenters. The number of fused-ring (bicyclic) bond motifs is 3. The number of rotatable bonds is 2. The molecule has 4 heteroatoms. The van der Waals surface area contributed by atoms with Crippen molar-refractivity contribution < 1.29 is 9.47 Å². The Morgan fingerprint density at radius 2 is 1.96 bits per heavy atom. The van der Waals surface area contributed by atoms with Gasteiger partial charge >= 0.3 is 0 Å². The van der Waals surface area contributed by atoms with Crippen molar-refractivity contribution in [2.24, 2.45) is 4.99 Å². The average Bonchev–Trinajstić information content (AvgIpc) is 3.20. The summed E-state index contributed by atoms with van der Waals surface area (Å²) in [6.45, 7) is 1.15. The predicted octanol–water partition coefficient (Wildman–Crippen LogP) is 3.48. The summed E-state index contributed by atoms with van der Waals surface area (Å²) in [5, 5.41) is 1.27. The molecular formula is C19H16N2O2. The van der Waals surface area contributed by atoms with Crippen LogP contribution in [0.15, 0.2) is 47.6 Å². The maximum Gasteiger partial charge on any atom is 0.231 e. The molecule has 0 saturated carbocycles. The van der Waals surface area contributed by atoms with Gasteiger partial charge in [0.25, 0.3) is 0 Å². The maximum absolute atomic E-state index is 5.53. The zero-order valence-corrected chi connectivity index (χ0v) is 12.6. The zero-order valence-electron chi connectivity index (χ0n) is 12.6. The summed E-state index contributed by atoms with van der Waals surface area (Å²) in [7, 11) is 0. The molecule has 2 aliphatic heterocycles. The van der Waals surface area contributed by atoms with Crippen LogP contribution in [0.5, 0.6) is 11.5 Å². The van der Waals surface area contributed by atoms with E-state index in [0.717, 1.165) is 36.6 Å². The van der Waals surface area contributed by atoms with Crippen LogP contribution in [-0.2, 0) is 12.8 Å². The standard InChI is InChI=1S/C19H16N2O2/c1-2-4-16-14(3-1)13(10-21-16)7-17-15-9-19-18(22-11-23-19)8-12(15)5-6-20-17/h1-4,8-10,21H,5-7,11H2. The summed E-state index contributed by atoms with van der Waals surface area (Å²) < 4.78 is 11.0. The Labute approximate surface area is 133 Å². The number of ether oxygens (including phenoxy) is 2. The molecule has 0 bridgehead atoms. The fourth-order valence-electron chi connectivity index (χ4n) is 3.47. The van der Waals surface area contributed by atoms with Gasteiger partial charge in [-0.25, -0.2) is 0 Å². The van der Waals surface area contributed by atoms with E-state index >= 15 is 0 Å². The van der Waals surface area contributed by atoms with Gasteiger partial charge in [-0.2, -0.15) is 0 Å². The van der Waals surface area contributed by atoms with Gasteiger partial charge in [0.05, 0.1) is 0 Å². The molecule has 1 aromatic heterocycles. The lowest BCUT2D eigenvalue weighted by atomic mass is 9.93. The first-order valence-electron chi connectivity index (χ1n) is 7.90. The van der Waals surface area contributed by atoms with Crippen molar-refractivity contribution in [1.29, 1.82) is 0 Å². The Morgan fingerprint density at radius 3 is 2.91 bits per heavy atom. The monoisotopic (exact) mass is 304 g/mol. The molecule has 5 rings (SSSR count). The molecule has 2 aromatic carbocycles. The van der Waals surface area contributed by atoms with Gasteiger partial charge in [-0.3, -0.25) is 4.99 Å². The molecule has 23 heavy (non-hydrogen) atoms. The van der Waals surface area contributed by atoms with Crippen LogP contribution in [0.25, 0.3) is 10.9 Å². The molecule has 1 N–H and O–H groups in total. The number of aromatic amines is 1. The Kier molecular flexibility index (Phi) is 2.71. The number of hydrogen-bond acceptors (Lipinski definition) is 3. The first kappa shape index (κ1) is 12.8. The fraction of sp³-hybridized carbons (Fsp3) is 0.211. The van der Waals surface area contributed by atoms with E-state index in [1.165, 1.54) is 27.6 Å². The van der Waals surface area contributed by atoms with E-state index in [0.29, 0.717) is 6.79 Å². The summed E-state index contributed by atoms with van der Waals surface area (Å²) in [6, 6.07) is 12.6. The SMILES string of the molecule is c1ccc2c(CC3=NCCc4cc5c(cc43)OCO5)c[nH]c2c1. The Hall–Kier alpha value is -2.75. The lowest BCUT2D eigenvalue weighted by molar-refractivity contribution is 0.174. The highest BCUT2D eigenvalue weighted by molar-refractivity contribution is 6.06. The summed E-state index contributed by atoms with van der Waals surface area (Å²) in [6.07, 6.45) is 3.88. The number of nitrogens with one attached hydrogen (secondary N) is 1. The maximum atomic E-state index is 5.53. The molecule has 114 valence electrons. The highest BCUT2D eigenvalue weighted by Gasteiger charge is 2.22. The van der Waals surface area contributed by atoms with E-state index in [1.807, 2.05) is 0 Å².